The maximum Gasteiger partial charge on any atom is 0.252 e. The van der Waals surface area contributed by atoms with E-state index in [1.165, 1.54) is 0 Å². The molecule has 1 unspecified atom stereocenters. The summed E-state index contributed by atoms with van der Waals surface area (Å²) in [7, 11) is 0. The van der Waals surface area contributed by atoms with Crippen LogP contribution in [0.2, 0.25) is 0 Å². The average Bonchev–Trinajstić information content (AvgIpc) is 2.40. The SMILES string of the molecule is CCC(CC)C(Cl)CNC(=O)c1cccc(C)c1I. The van der Waals surface area contributed by atoms with Gasteiger partial charge in [0.25, 0.3) is 5.91 Å². The molecule has 0 spiro atoms. The van der Waals surface area contributed by atoms with Gasteiger partial charge in [0.2, 0.25) is 0 Å². The lowest BCUT2D eigenvalue weighted by Crippen LogP contribution is -2.33. The molecule has 1 rings (SSSR count). The number of aryl methyl sites for hydroxylation is 1. The van der Waals surface area contributed by atoms with E-state index in [9.17, 15) is 4.79 Å². The van der Waals surface area contributed by atoms with Crippen molar-refractivity contribution in [3.05, 3.63) is 32.9 Å². The van der Waals surface area contributed by atoms with Gasteiger partial charge in [-0.2, -0.15) is 0 Å². The van der Waals surface area contributed by atoms with Crippen LogP contribution in [-0.4, -0.2) is 17.8 Å². The molecule has 0 bridgehead atoms. The van der Waals surface area contributed by atoms with Crippen molar-refractivity contribution in [3.8, 4) is 0 Å². The molecule has 0 heterocycles. The number of nitrogens with one attached hydrogen (secondary N) is 1. The Bertz CT molecular complexity index is 432. The van der Waals surface area contributed by atoms with Gasteiger partial charge in [-0.3, -0.25) is 4.79 Å². The first kappa shape index (κ1) is 16.8. The number of alkyl halides is 1. The Labute approximate surface area is 134 Å². The van der Waals surface area contributed by atoms with Crippen molar-refractivity contribution in [1.29, 1.82) is 0 Å². The van der Waals surface area contributed by atoms with Crippen LogP contribution in [-0.2, 0) is 0 Å². The molecule has 1 aromatic carbocycles. The molecule has 0 aliphatic heterocycles. The van der Waals surface area contributed by atoms with Crippen LogP contribution in [0.15, 0.2) is 18.2 Å². The Morgan fingerprint density at radius 3 is 2.58 bits per heavy atom. The van der Waals surface area contributed by atoms with Gasteiger partial charge in [-0.15, -0.1) is 11.6 Å². The van der Waals surface area contributed by atoms with Crippen LogP contribution in [0.3, 0.4) is 0 Å². The van der Waals surface area contributed by atoms with Crippen molar-refractivity contribution < 1.29 is 4.79 Å². The van der Waals surface area contributed by atoms with Gasteiger partial charge in [0.05, 0.1) is 10.9 Å². The van der Waals surface area contributed by atoms with Gasteiger partial charge in [-0.1, -0.05) is 38.8 Å². The average molecular weight is 394 g/mol. The molecule has 0 aromatic heterocycles. The Hall–Kier alpha value is -0.290. The van der Waals surface area contributed by atoms with E-state index >= 15 is 0 Å². The van der Waals surface area contributed by atoms with Crippen molar-refractivity contribution in [1.82, 2.24) is 5.32 Å². The van der Waals surface area contributed by atoms with Crippen LogP contribution in [0.5, 0.6) is 0 Å². The molecule has 0 aliphatic rings. The highest BCUT2D eigenvalue weighted by Gasteiger charge is 2.18. The zero-order chi connectivity index (χ0) is 14.4. The normalized spacial score (nSPS) is 12.5. The maximum absolute atomic E-state index is 12.1. The Kier molecular flexibility index (Phi) is 7.15. The van der Waals surface area contributed by atoms with Gasteiger partial charge in [-0.25, -0.2) is 0 Å². The quantitative estimate of drug-likeness (QED) is 0.564. The summed E-state index contributed by atoms with van der Waals surface area (Å²) >= 11 is 8.54. The Morgan fingerprint density at radius 2 is 2.00 bits per heavy atom. The summed E-state index contributed by atoms with van der Waals surface area (Å²) in [5.74, 6) is 0.420. The largest absolute Gasteiger partial charge is 0.351 e. The van der Waals surface area contributed by atoms with E-state index in [0.717, 1.165) is 27.5 Å². The maximum atomic E-state index is 12.1. The summed E-state index contributed by atoms with van der Waals surface area (Å²) in [6, 6.07) is 5.77. The number of carbonyl (C=O) groups is 1. The summed E-state index contributed by atoms with van der Waals surface area (Å²) in [6.07, 6.45) is 2.09. The van der Waals surface area contributed by atoms with Gasteiger partial charge < -0.3 is 5.32 Å². The van der Waals surface area contributed by atoms with Crippen LogP contribution in [0.1, 0.15) is 42.6 Å². The predicted molar refractivity (Wildman–Crippen MR) is 89.9 cm³/mol. The van der Waals surface area contributed by atoms with Crippen molar-refractivity contribution in [3.63, 3.8) is 0 Å². The first-order chi connectivity index (χ1) is 9.01. The van der Waals surface area contributed by atoms with Crippen LogP contribution in [0.25, 0.3) is 0 Å². The van der Waals surface area contributed by atoms with Crippen molar-refractivity contribution >= 4 is 40.1 Å². The van der Waals surface area contributed by atoms with E-state index in [0.29, 0.717) is 12.5 Å². The third-order valence-electron chi connectivity index (χ3n) is 3.45. The molecular formula is C15H21ClINO. The van der Waals surface area contributed by atoms with E-state index in [1.54, 1.807) is 0 Å². The molecular weight excluding hydrogens is 373 g/mol. The van der Waals surface area contributed by atoms with Gasteiger partial charge >= 0.3 is 0 Å². The molecule has 4 heteroatoms. The minimum atomic E-state index is -0.0373. The molecule has 0 radical (unpaired) electrons. The molecule has 0 saturated heterocycles. The minimum absolute atomic E-state index is 0.00132. The van der Waals surface area contributed by atoms with E-state index < -0.39 is 0 Å². The topological polar surface area (TPSA) is 29.1 Å². The van der Waals surface area contributed by atoms with Crippen molar-refractivity contribution in [2.24, 2.45) is 5.92 Å². The van der Waals surface area contributed by atoms with E-state index in [1.807, 2.05) is 25.1 Å². The highest BCUT2D eigenvalue weighted by Crippen LogP contribution is 2.19. The third kappa shape index (κ3) is 4.63. The smallest absolute Gasteiger partial charge is 0.252 e. The van der Waals surface area contributed by atoms with E-state index in [-0.39, 0.29) is 11.3 Å². The summed E-state index contributed by atoms with van der Waals surface area (Å²) in [5, 5.41) is 2.94. The van der Waals surface area contributed by atoms with Crippen molar-refractivity contribution in [2.45, 2.75) is 39.0 Å². The van der Waals surface area contributed by atoms with Gasteiger partial charge in [0.15, 0.2) is 0 Å². The lowest BCUT2D eigenvalue weighted by molar-refractivity contribution is 0.0950. The van der Waals surface area contributed by atoms with Crippen molar-refractivity contribution in [2.75, 3.05) is 6.54 Å². The van der Waals surface area contributed by atoms with E-state index in [2.05, 4.69) is 41.8 Å². The molecule has 2 nitrogen and oxygen atoms in total. The number of hydrogen-bond acceptors (Lipinski definition) is 1. The molecule has 1 aromatic rings. The number of hydrogen-bond donors (Lipinski definition) is 1. The molecule has 1 amide bonds. The standard InChI is InChI=1S/C15H21ClINO/c1-4-11(5-2)13(16)9-18-15(19)12-8-6-7-10(3)14(12)17/h6-8,11,13H,4-5,9H2,1-3H3,(H,18,19). The van der Waals surface area contributed by atoms with Gasteiger partial charge in [-0.05, 0) is 47.1 Å². The number of halogens is 2. The van der Waals surface area contributed by atoms with Gasteiger partial charge in [0, 0.05) is 10.1 Å². The third-order valence-corrected chi connectivity index (χ3v) is 5.40. The predicted octanol–water partition coefficient (Wildman–Crippen LogP) is 4.37. The molecule has 1 atom stereocenters. The zero-order valence-electron chi connectivity index (χ0n) is 11.7. The molecule has 0 fully saturated rings. The highest BCUT2D eigenvalue weighted by atomic mass is 127. The molecule has 1 N–H and O–H groups in total. The fraction of sp³-hybridized carbons (Fsp3) is 0.533. The first-order valence-corrected chi connectivity index (χ1v) is 8.20. The number of benzene rings is 1. The monoisotopic (exact) mass is 393 g/mol. The summed E-state index contributed by atoms with van der Waals surface area (Å²) in [6.45, 7) is 6.80. The lowest BCUT2D eigenvalue weighted by Gasteiger charge is -2.19. The molecule has 19 heavy (non-hydrogen) atoms. The highest BCUT2D eigenvalue weighted by molar-refractivity contribution is 14.1. The molecule has 0 saturated carbocycles. The van der Waals surface area contributed by atoms with Crippen LogP contribution >= 0.6 is 34.2 Å². The van der Waals surface area contributed by atoms with Crippen LogP contribution < -0.4 is 5.32 Å². The Balaban J connectivity index is 2.63. The second-order valence-electron chi connectivity index (χ2n) is 4.74. The number of carbonyl (C=O) groups excluding carboxylic acids is 1. The summed E-state index contributed by atoms with van der Waals surface area (Å²) in [5.41, 5.74) is 1.85. The fourth-order valence-electron chi connectivity index (χ4n) is 2.08. The molecule has 0 aliphatic carbocycles. The second kappa shape index (κ2) is 8.10. The Morgan fingerprint density at radius 1 is 1.37 bits per heavy atom. The summed E-state index contributed by atoms with van der Waals surface area (Å²) < 4.78 is 1.01. The van der Waals surface area contributed by atoms with E-state index in [4.69, 9.17) is 11.6 Å². The lowest BCUT2D eigenvalue weighted by atomic mass is 9.99. The molecule has 106 valence electrons. The zero-order valence-corrected chi connectivity index (χ0v) is 14.6. The first-order valence-electron chi connectivity index (χ1n) is 6.68. The van der Waals surface area contributed by atoms with Crippen LogP contribution in [0.4, 0.5) is 0 Å². The van der Waals surface area contributed by atoms with Gasteiger partial charge in [0.1, 0.15) is 0 Å². The second-order valence-corrected chi connectivity index (χ2v) is 6.38. The summed E-state index contributed by atoms with van der Waals surface area (Å²) in [4.78, 5) is 12.1. The minimum Gasteiger partial charge on any atom is -0.351 e. The number of amides is 1. The fourth-order valence-corrected chi connectivity index (χ4v) is 3.11. The number of rotatable bonds is 6. The van der Waals surface area contributed by atoms with Crippen LogP contribution in [0, 0.1) is 16.4 Å².